The maximum absolute atomic E-state index is 12.7. The molecule has 0 atom stereocenters. The molecule has 0 bridgehead atoms. The van der Waals surface area contributed by atoms with E-state index in [4.69, 9.17) is 16.7 Å². The van der Waals surface area contributed by atoms with Gasteiger partial charge in [-0.3, -0.25) is 10.1 Å². The van der Waals surface area contributed by atoms with Crippen molar-refractivity contribution in [1.82, 2.24) is 5.32 Å². The van der Waals surface area contributed by atoms with Crippen LogP contribution in [-0.4, -0.2) is 29.1 Å². The van der Waals surface area contributed by atoms with E-state index in [-0.39, 0.29) is 17.3 Å². The number of hydrogen-bond donors (Lipinski definition) is 2. The summed E-state index contributed by atoms with van der Waals surface area (Å²) >= 11 is 5.61. The lowest BCUT2D eigenvalue weighted by Crippen LogP contribution is -2.35. The maximum Gasteiger partial charge on any atom is 0.288 e. The molecule has 100 valence electrons. The average molecular weight is 281 g/mol. The lowest BCUT2D eigenvalue weighted by atomic mass is 10.2. The van der Waals surface area contributed by atoms with Crippen LogP contribution >= 0.6 is 11.6 Å². The van der Waals surface area contributed by atoms with Gasteiger partial charge in [0, 0.05) is 12.6 Å². The van der Waals surface area contributed by atoms with Crippen LogP contribution in [0.15, 0.2) is 18.2 Å². The minimum atomic E-state index is -3.21. The van der Waals surface area contributed by atoms with Gasteiger partial charge in [0.1, 0.15) is 11.6 Å². The van der Waals surface area contributed by atoms with Crippen LogP contribution in [0.4, 0.5) is 14.5 Å². The Morgan fingerprint density at radius 2 is 2.17 bits per heavy atom. The molecule has 0 aliphatic heterocycles. The minimum absolute atomic E-state index is 0.00978. The number of halogens is 3. The standard InChI is InChI=1S/C10H11ClF2N2O3/c11-8-2-1-7(3-9(8)15(17)18)4-14-5-10(12,13)6-16/h1-3,14,16H,4-6H2. The first kappa shape index (κ1) is 14.7. The van der Waals surface area contributed by atoms with Gasteiger partial charge in [0.25, 0.3) is 11.6 Å². The molecule has 2 N–H and O–H groups in total. The molecule has 0 aromatic heterocycles. The zero-order chi connectivity index (χ0) is 13.8. The molecule has 0 saturated heterocycles. The van der Waals surface area contributed by atoms with E-state index in [2.05, 4.69) is 5.32 Å². The van der Waals surface area contributed by atoms with Crippen LogP contribution in [0.25, 0.3) is 0 Å². The van der Waals surface area contributed by atoms with Gasteiger partial charge in [-0.2, -0.15) is 0 Å². The molecule has 0 aliphatic carbocycles. The van der Waals surface area contributed by atoms with E-state index in [1.807, 2.05) is 0 Å². The Kier molecular flexibility index (Phi) is 4.94. The number of aliphatic hydroxyl groups excluding tert-OH is 1. The van der Waals surface area contributed by atoms with E-state index in [1.165, 1.54) is 18.2 Å². The van der Waals surface area contributed by atoms with Gasteiger partial charge in [0.05, 0.1) is 11.5 Å². The smallest absolute Gasteiger partial charge is 0.288 e. The van der Waals surface area contributed by atoms with E-state index in [1.54, 1.807) is 0 Å². The van der Waals surface area contributed by atoms with Crippen LogP contribution in [0.2, 0.25) is 5.02 Å². The number of nitro groups is 1. The number of aliphatic hydroxyl groups is 1. The van der Waals surface area contributed by atoms with Gasteiger partial charge in [-0.15, -0.1) is 0 Å². The fourth-order valence-electron chi connectivity index (χ4n) is 1.25. The van der Waals surface area contributed by atoms with Gasteiger partial charge in [0.2, 0.25) is 0 Å². The van der Waals surface area contributed by atoms with Crippen molar-refractivity contribution < 1.29 is 18.8 Å². The summed E-state index contributed by atoms with van der Waals surface area (Å²) in [5.74, 6) is -3.21. The molecule has 8 heteroatoms. The number of nitrogens with one attached hydrogen (secondary N) is 1. The molecule has 1 rings (SSSR count). The highest BCUT2D eigenvalue weighted by Gasteiger charge is 2.26. The van der Waals surface area contributed by atoms with Gasteiger partial charge in [-0.05, 0) is 11.6 Å². The maximum atomic E-state index is 12.7. The fourth-order valence-corrected chi connectivity index (χ4v) is 1.44. The molecule has 5 nitrogen and oxygen atoms in total. The second kappa shape index (κ2) is 6.03. The van der Waals surface area contributed by atoms with Crippen molar-refractivity contribution in [2.45, 2.75) is 12.5 Å². The van der Waals surface area contributed by atoms with Crippen molar-refractivity contribution in [2.24, 2.45) is 0 Å². The summed E-state index contributed by atoms with van der Waals surface area (Å²) in [6.07, 6.45) is 0. The lowest BCUT2D eigenvalue weighted by molar-refractivity contribution is -0.384. The first-order valence-corrected chi connectivity index (χ1v) is 5.36. The molecular weight excluding hydrogens is 270 g/mol. The number of rotatable bonds is 6. The quantitative estimate of drug-likeness (QED) is 0.617. The van der Waals surface area contributed by atoms with Gasteiger partial charge < -0.3 is 10.4 Å². The predicted molar refractivity (Wildman–Crippen MR) is 61.8 cm³/mol. The molecule has 0 spiro atoms. The summed E-state index contributed by atoms with van der Waals surface area (Å²) in [5.41, 5.74) is 0.185. The Morgan fingerprint density at radius 1 is 1.50 bits per heavy atom. The van der Waals surface area contributed by atoms with Crippen molar-refractivity contribution in [2.75, 3.05) is 13.2 Å². The van der Waals surface area contributed by atoms with E-state index in [0.29, 0.717) is 5.56 Å². The summed E-state index contributed by atoms with van der Waals surface area (Å²) in [7, 11) is 0. The first-order valence-electron chi connectivity index (χ1n) is 4.98. The van der Waals surface area contributed by atoms with E-state index in [0.717, 1.165) is 0 Å². The SMILES string of the molecule is O=[N+]([O-])c1cc(CNCC(F)(F)CO)ccc1Cl. The molecule has 1 aromatic rings. The Balaban J connectivity index is 2.64. The number of nitro benzene ring substituents is 1. The molecule has 1 aromatic carbocycles. The van der Waals surface area contributed by atoms with Crippen molar-refractivity contribution in [1.29, 1.82) is 0 Å². The van der Waals surface area contributed by atoms with Crippen molar-refractivity contribution >= 4 is 17.3 Å². The van der Waals surface area contributed by atoms with Gasteiger partial charge in [0.15, 0.2) is 0 Å². The third kappa shape index (κ3) is 4.17. The van der Waals surface area contributed by atoms with Gasteiger partial charge in [-0.1, -0.05) is 17.7 Å². The number of benzene rings is 1. The molecule has 18 heavy (non-hydrogen) atoms. The van der Waals surface area contributed by atoms with E-state index >= 15 is 0 Å². The zero-order valence-electron chi connectivity index (χ0n) is 9.20. The lowest BCUT2D eigenvalue weighted by Gasteiger charge is -2.13. The van der Waals surface area contributed by atoms with Crippen LogP contribution in [0, 0.1) is 10.1 Å². The second-order valence-corrected chi connectivity index (χ2v) is 4.07. The first-order chi connectivity index (χ1) is 8.35. The monoisotopic (exact) mass is 280 g/mol. The van der Waals surface area contributed by atoms with Crippen LogP contribution in [0.5, 0.6) is 0 Å². The molecule has 0 unspecified atom stereocenters. The van der Waals surface area contributed by atoms with Crippen LogP contribution in [0.3, 0.4) is 0 Å². The van der Waals surface area contributed by atoms with E-state index < -0.39 is 24.0 Å². The van der Waals surface area contributed by atoms with Gasteiger partial charge in [-0.25, -0.2) is 8.78 Å². The summed E-state index contributed by atoms with van der Waals surface area (Å²) in [4.78, 5) is 9.96. The van der Waals surface area contributed by atoms with Crippen molar-refractivity contribution in [3.63, 3.8) is 0 Å². The highest BCUT2D eigenvalue weighted by Crippen LogP contribution is 2.25. The molecule has 0 aliphatic rings. The topological polar surface area (TPSA) is 75.4 Å². The zero-order valence-corrected chi connectivity index (χ0v) is 9.95. The Labute approximate surface area is 107 Å². The molecule has 0 amide bonds. The van der Waals surface area contributed by atoms with Crippen LogP contribution in [-0.2, 0) is 6.54 Å². The number of alkyl halides is 2. The largest absolute Gasteiger partial charge is 0.390 e. The summed E-state index contributed by atoms with van der Waals surface area (Å²) < 4.78 is 25.4. The predicted octanol–water partition coefficient (Wildman–Crippen LogP) is 1.97. The molecule has 0 saturated carbocycles. The van der Waals surface area contributed by atoms with E-state index in [9.17, 15) is 18.9 Å². The number of hydrogen-bond acceptors (Lipinski definition) is 4. The van der Waals surface area contributed by atoms with Crippen molar-refractivity contribution in [3.8, 4) is 0 Å². The highest BCUT2D eigenvalue weighted by molar-refractivity contribution is 6.32. The number of nitrogens with zero attached hydrogens (tertiary/aromatic N) is 1. The Hall–Kier alpha value is -1.31. The average Bonchev–Trinajstić information content (AvgIpc) is 2.31. The van der Waals surface area contributed by atoms with Gasteiger partial charge >= 0.3 is 0 Å². The Bertz CT molecular complexity index is 443. The minimum Gasteiger partial charge on any atom is -0.390 e. The van der Waals surface area contributed by atoms with Crippen LogP contribution < -0.4 is 5.32 Å². The second-order valence-electron chi connectivity index (χ2n) is 3.66. The molecular formula is C10H11ClF2N2O3. The third-order valence-corrected chi connectivity index (χ3v) is 2.47. The normalized spacial score (nSPS) is 11.6. The third-order valence-electron chi connectivity index (χ3n) is 2.15. The molecule has 0 radical (unpaired) electrons. The summed E-state index contributed by atoms with van der Waals surface area (Å²) in [5, 5.41) is 21.3. The highest BCUT2D eigenvalue weighted by atomic mass is 35.5. The summed E-state index contributed by atoms with van der Waals surface area (Å²) in [6.45, 7) is -1.94. The molecule has 0 heterocycles. The molecule has 0 fully saturated rings. The Morgan fingerprint density at radius 3 is 2.72 bits per heavy atom. The van der Waals surface area contributed by atoms with Crippen molar-refractivity contribution in [3.05, 3.63) is 38.9 Å². The fraction of sp³-hybridized carbons (Fsp3) is 0.400. The summed E-state index contributed by atoms with van der Waals surface area (Å²) in [6, 6.07) is 4.05. The van der Waals surface area contributed by atoms with Crippen LogP contribution in [0.1, 0.15) is 5.56 Å².